The maximum Gasteiger partial charge on any atom is 0.334 e. The lowest BCUT2D eigenvalue weighted by Crippen LogP contribution is -2.59. The smallest absolute Gasteiger partial charge is 0.334 e. The van der Waals surface area contributed by atoms with E-state index in [9.17, 15) is 25.2 Å². The van der Waals surface area contributed by atoms with Gasteiger partial charge in [-0.15, -0.1) is 0 Å². The summed E-state index contributed by atoms with van der Waals surface area (Å²) in [5.74, 6) is -0.497. The topological polar surface area (TPSA) is 126 Å². The fourth-order valence-electron chi connectivity index (χ4n) is 3.97. The minimum Gasteiger partial charge on any atom is -0.454 e. The Morgan fingerprint density at radius 1 is 1.21 bits per heavy atom. The van der Waals surface area contributed by atoms with Crippen LogP contribution in [0.3, 0.4) is 0 Å². The summed E-state index contributed by atoms with van der Waals surface area (Å²) in [6.07, 6.45) is -1.71. The molecule has 0 radical (unpaired) electrons. The van der Waals surface area contributed by atoms with Gasteiger partial charge in [0.15, 0.2) is 6.29 Å². The van der Waals surface area contributed by atoms with Crippen molar-refractivity contribution in [3.05, 3.63) is 35.5 Å². The zero-order valence-electron chi connectivity index (χ0n) is 16.7. The number of fused-ring (bicyclic) bond motifs is 1. The zero-order chi connectivity index (χ0) is 21.3. The van der Waals surface area contributed by atoms with Crippen molar-refractivity contribution < 1.29 is 39.4 Å². The molecule has 8 nitrogen and oxygen atoms in total. The molecule has 8 heteroatoms. The number of rotatable bonds is 3. The number of ether oxygens (including phenoxy) is 3. The molecule has 0 spiro atoms. The van der Waals surface area contributed by atoms with E-state index in [1.165, 1.54) is 0 Å². The second-order valence-corrected chi connectivity index (χ2v) is 8.06. The highest BCUT2D eigenvalue weighted by molar-refractivity contribution is 5.91. The lowest BCUT2D eigenvalue weighted by Gasteiger charge is -2.41. The number of hydrogen-bond acceptors (Lipinski definition) is 8. The number of aliphatic hydroxyl groups excluding tert-OH is 4. The third-order valence-electron chi connectivity index (χ3n) is 5.96. The number of hydrogen-bond donors (Lipinski definition) is 4. The molecule has 2 saturated heterocycles. The lowest BCUT2D eigenvalue weighted by atomic mass is 9.87. The number of carbonyl (C=O) groups is 1. The average Bonchev–Trinajstić information content (AvgIpc) is 2.95. The predicted octanol–water partition coefficient (Wildman–Crippen LogP) is 0.346. The van der Waals surface area contributed by atoms with E-state index in [1.807, 2.05) is 26.0 Å². The first-order chi connectivity index (χ1) is 13.7. The van der Waals surface area contributed by atoms with Crippen LogP contribution in [0.2, 0.25) is 0 Å². The molecule has 4 N–H and O–H groups in total. The summed E-state index contributed by atoms with van der Waals surface area (Å²) in [5.41, 5.74) is 2.39. The van der Waals surface area contributed by atoms with Crippen LogP contribution in [-0.4, -0.2) is 75.9 Å². The van der Waals surface area contributed by atoms with E-state index in [0.717, 1.165) is 24.0 Å². The molecule has 1 aliphatic carbocycles. The minimum atomic E-state index is -1.50. The van der Waals surface area contributed by atoms with E-state index in [2.05, 4.69) is 6.58 Å². The standard InChI is InChI=1S/C21H30O8/c1-10-4-6-13-12(3)20(26)27-15(13)8-11(2)14(7-5-10)28-21-19(25)18(24)17(23)16(9-22)29-21/h5,8,13-19,21-25H,3-4,6-7,9H2,1-2H3/b10-5+,11-8+/t13-,14+,15+,16+,17+,18-,19+,21-/m0/s1. The van der Waals surface area contributed by atoms with Crippen molar-refractivity contribution in [3.63, 3.8) is 0 Å². The van der Waals surface area contributed by atoms with Crippen LogP contribution in [0.4, 0.5) is 0 Å². The van der Waals surface area contributed by atoms with Gasteiger partial charge in [-0.2, -0.15) is 0 Å². The van der Waals surface area contributed by atoms with Gasteiger partial charge in [0.2, 0.25) is 0 Å². The van der Waals surface area contributed by atoms with Crippen LogP contribution in [-0.2, 0) is 19.0 Å². The van der Waals surface area contributed by atoms with Crippen LogP contribution in [0.1, 0.15) is 33.1 Å². The molecule has 3 rings (SSSR count). The molecule has 0 aromatic carbocycles. The van der Waals surface area contributed by atoms with E-state index in [0.29, 0.717) is 12.0 Å². The van der Waals surface area contributed by atoms with Crippen LogP contribution < -0.4 is 0 Å². The molecule has 0 bridgehead atoms. The molecule has 0 aromatic rings. The number of carbonyl (C=O) groups excluding carboxylic acids is 1. The maximum atomic E-state index is 12.0. The fourth-order valence-corrected chi connectivity index (χ4v) is 3.97. The van der Waals surface area contributed by atoms with Crippen molar-refractivity contribution in [2.24, 2.45) is 5.92 Å². The molecule has 162 valence electrons. The Hall–Kier alpha value is -1.55. The Balaban J connectivity index is 1.83. The molecule has 2 heterocycles. The van der Waals surface area contributed by atoms with Gasteiger partial charge in [-0.3, -0.25) is 0 Å². The van der Waals surface area contributed by atoms with Crippen molar-refractivity contribution >= 4 is 5.97 Å². The van der Waals surface area contributed by atoms with E-state index >= 15 is 0 Å². The highest BCUT2D eigenvalue weighted by Crippen LogP contribution is 2.35. The molecule has 0 saturated carbocycles. The molecule has 8 atom stereocenters. The van der Waals surface area contributed by atoms with Gasteiger partial charge in [0.05, 0.1) is 12.7 Å². The molecule has 0 unspecified atom stereocenters. The summed E-state index contributed by atoms with van der Waals surface area (Å²) in [5, 5.41) is 39.6. The third-order valence-corrected chi connectivity index (χ3v) is 5.96. The van der Waals surface area contributed by atoms with Gasteiger partial charge in [0.1, 0.15) is 30.5 Å². The summed E-state index contributed by atoms with van der Waals surface area (Å²) in [7, 11) is 0. The van der Waals surface area contributed by atoms with E-state index in [4.69, 9.17) is 14.2 Å². The molecule has 3 aliphatic rings. The maximum absolute atomic E-state index is 12.0. The summed E-state index contributed by atoms with van der Waals surface area (Å²) in [6.45, 7) is 7.19. The second kappa shape index (κ2) is 9.07. The van der Waals surface area contributed by atoms with E-state index < -0.39 is 55.5 Å². The molecule has 2 fully saturated rings. The van der Waals surface area contributed by atoms with Crippen molar-refractivity contribution in [1.29, 1.82) is 0 Å². The highest BCUT2D eigenvalue weighted by Gasteiger charge is 2.45. The van der Waals surface area contributed by atoms with E-state index in [-0.39, 0.29) is 5.92 Å². The van der Waals surface area contributed by atoms with E-state index in [1.54, 1.807) is 0 Å². The molecular formula is C21H30O8. The molecule has 29 heavy (non-hydrogen) atoms. The van der Waals surface area contributed by atoms with Crippen LogP contribution in [0, 0.1) is 5.92 Å². The fraction of sp³-hybridized carbons (Fsp3) is 0.667. The summed E-state index contributed by atoms with van der Waals surface area (Å²) in [4.78, 5) is 12.0. The Bertz CT molecular complexity index is 697. The average molecular weight is 410 g/mol. The summed E-state index contributed by atoms with van der Waals surface area (Å²) in [6, 6.07) is 0. The normalized spacial score (nSPS) is 44.9. The third kappa shape index (κ3) is 4.63. The lowest BCUT2D eigenvalue weighted by molar-refractivity contribution is -0.308. The van der Waals surface area contributed by atoms with Gasteiger partial charge >= 0.3 is 5.97 Å². The second-order valence-electron chi connectivity index (χ2n) is 8.06. The Morgan fingerprint density at radius 2 is 1.93 bits per heavy atom. The van der Waals surface area contributed by atoms with Gasteiger partial charge in [-0.25, -0.2) is 4.79 Å². The molecular weight excluding hydrogens is 380 g/mol. The Morgan fingerprint density at radius 3 is 2.62 bits per heavy atom. The number of allylic oxidation sites excluding steroid dienone is 1. The van der Waals surface area contributed by atoms with Crippen molar-refractivity contribution in [3.8, 4) is 0 Å². The summed E-state index contributed by atoms with van der Waals surface area (Å²) < 4.78 is 16.9. The van der Waals surface area contributed by atoms with Crippen molar-refractivity contribution in [1.82, 2.24) is 0 Å². The summed E-state index contributed by atoms with van der Waals surface area (Å²) >= 11 is 0. The minimum absolute atomic E-state index is 0.105. The van der Waals surface area contributed by atoms with Gasteiger partial charge in [-0.1, -0.05) is 18.2 Å². The van der Waals surface area contributed by atoms with Crippen LogP contribution in [0.25, 0.3) is 0 Å². The number of aliphatic hydroxyl groups is 4. The Labute approximate surface area is 170 Å². The van der Waals surface area contributed by atoms with Crippen molar-refractivity contribution in [2.45, 2.75) is 76.0 Å². The molecule has 0 aromatic heterocycles. The first-order valence-corrected chi connectivity index (χ1v) is 9.92. The van der Waals surface area contributed by atoms with Crippen LogP contribution in [0.5, 0.6) is 0 Å². The monoisotopic (exact) mass is 410 g/mol. The first-order valence-electron chi connectivity index (χ1n) is 9.92. The molecule has 0 amide bonds. The van der Waals surface area contributed by atoms with Gasteiger partial charge < -0.3 is 34.6 Å². The van der Waals surface area contributed by atoms with Gasteiger partial charge in [0.25, 0.3) is 0 Å². The largest absolute Gasteiger partial charge is 0.454 e. The highest BCUT2D eigenvalue weighted by atomic mass is 16.7. The number of esters is 1. The molecule has 2 aliphatic heterocycles. The predicted molar refractivity (Wildman–Crippen MR) is 103 cm³/mol. The van der Waals surface area contributed by atoms with Gasteiger partial charge in [-0.05, 0) is 44.8 Å². The van der Waals surface area contributed by atoms with Crippen LogP contribution in [0.15, 0.2) is 35.5 Å². The Kier molecular flexibility index (Phi) is 6.93. The SMILES string of the molecule is C=C1C(=O)O[C@@H]2/C=C(\C)[C@H](O[C@H]3O[C@H](CO)[C@@H](O)[C@H](O)[C@H]3O)C/C=C(\C)CC[C@@H]12. The first kappa shape index (κ1) is 22.1. The van der Waals surface area contributed by atoms with Crippen LogP contribution >= 0.6 is 0 Å². The van der Waals surface area contributed by atoms with Gasteiger partial charge in [0, 0.05) is 11.5 Å². The van der Waals surface area contributed by atoms with Crippen molar-refractivity contribution in [2.75, 3.05) is 6.61 Å². The quantitative estimate of drug-likeness (QED) is 0.298. The zero-order valence-corrected chi connectivity index (χ0v) is 16.7.